The van der Waals surface area contributed by atoms with Crippen molar-refractivity contribution in [3.05, 3.63) is 30.0 Å². The van der Waals surface area contributed by atoms with Crippen molar-refractivity contribution in [2.24, 2.45) is 5.92 Å². The van der Waals surface area contributed by atoms with Crippen LogP contribution in [-0.2, 0) is 0 Å². The predicted octanol–water partition coefficient (Wildman–Crippen LogP) is 3.78. The molecule has 0 bridgehead atoms. The first-order valence-electron chi connectivity index (χ1n) is 8.68. The summed E-state index contributed by atoms with van der Waals surface area (Å²) in [5.74, 6) is 3.71. The van der Waals surface area contributed by atoms with Crippen molar-refractivity contribution in [1.29, 1.82) is 0 Å². The molecule has 1 aliphatic rings. The number of nitrogens with zero attached hydrogens (tertiary/aromatic N) is 3. The summed E-state index contributed by atoms with van der Waals surface area (Å²) in [5, 5.41) is 3.28. The van der Waals surface area contributed by atoms with Gasteiger partial charge in [0.2, 0.25) is 5.95 Å². The standard InChI is InChI=1S/C19H26N4O2/c1-13-6-5-9-23(12-13)18-10-14(2)20-19(22-18)21-16-11-15(24-3)7-8-17(16)25-4/h7-8,10-11,13H,5-6,9,12H2,1-4H3,(H,20,21,22). The molecule has 0 saturated carbocycles. The maximum absolute atomic E-state index is 5.42. The minimum Gasteiger partial charge on any atom is -0.497 e. The molecular weight excluding hydrogens is 316 g/mol. The van der Waals surface area contributed by atoms with Crippen LogP contribution in [0.3, 0.4) is 0 Å². The molecule has 0 radical (unpaired) electrons. The van der Waals surface area contributed by atoms with E-state index in [1.54, 1.807) is 14.2 Å². The summed E-state index contributed by atoms with van der Waals surface area (Å²) in [4.78, 5) is 11.6. The fraction of sp³-hybridized carbons (Fsp3) is 0.474. The average Bonchev–Trinajstić information content (AvgIpc) is 2.61. The smallest absolute Gasteiger partial charge is 0.229 e. The Balaban J connectivity index is 1.88. The Morgan fingerprint density at radius 3 is 2.72 bits per heavy atom. The van der Waals surface area contributed by atoms with Crippen LogP contribution in [0.1, 0.15) is 25.5 Å². The maximum atomic E-state index is 5.42. The van der Waals surface area contributed by atoms with Crippen molar-refractivity contribution in [1.82, 2.24) is 9.97 Å². The number of methoxy groups -OCH3 is 2. The lowest BCUT2D eigenvalue weighted by Gasteiger charge is -2.32. The van der Waals surface area contributed by atoms with Gasteiger partial charge < -0.3 is 19.7 Å². The number of aryl methyl sites for hydroxylation is 1. The Morgan fingerprint density at radius 2 is 2.00 bits per heavy atom. The Bertz CT molecular complexity index is 735. The molecule has 1 atom stereocenters. The number of nitrogens with one attached hydrogen (secondary N) is 1. The average molecular weight is 342 g/mol. The van der Waals surface area contributed by atoms with Gasteiger partial charge in [-0.15, -0.1) is 0 Å². The molecule has 2 aromatic rings. The molecule has 0 spiro atoms. The van der Waals surface area contributed by atoms with E-state index in [-0.39, 0.29) is 0 Å². The van der Waals surface area contributed by atoms with Crippen molar-refractivity contribution < 1.29 is 9.47 Å². The largest absolute Gasteiger partial charge is 0.497 e. The third-order valence-electron chi connectivity index (χ3n) is 4.47. The molecule has 1 N–H and O–H groups in total. The van der Waals surface area contributed by atoms with Gasteiger partial charge in [0.05, 0.1) is 19.9 Å². The van der Waals surface area contributed by atoms with E-state index in [9.17, 15) is 0 Å². The third kappa shape index (κ3) is 4.13. The number of ether oxygens (including phenoxy) is 2. The molecule has 3 rings (SSSR count). The molecule has 6 heteroatoms. The van der Waals surface area contributed by atoms with Crippen LogP contribution >= 0.6 is 0 Å². The number of benzene rings is 1. The monoisotopic (exact) mass is 342 g/mol. The summed E-state index contributed by atoms with van der Waals surface area (Å²) in [6, 6.07) is 7.66. The second-order valence-corrected chi connectivity index (χ2v) is 6.58. The second kappa shape index (κ2) is 7.59. The number of hydrogen-bond acceptors (Lipinski definition) is 6. The quantitative estimate of drug-likeness (QED) is 0.892. The summed E-state index contributed by atoms with van der Waals surface area (Å²) in [5.41, 5.74) is 1.72. The van der Waals surface area contributed by atoms with Crippen molar-refractivity contribution >= 4 is 17.5 Å². The predicted molar refractivity (Wildman–Crippen MR) is 100 cm³/mol. The molecule has 1 fully saturated rings. The molecule has 1 saturated heterocycles. The molecular formula is C19H26N4O2. The minimum atomic E-state index is 0.569. The molecule has 1 aromatic carbocycles. The lowest BCUT2D eigenvalue weighted by molar-refractivity contribution is 0.405. The Kier molecular flexibility index (Phi) is 5.26. The summed E-state index contributed by atoms with van der Waals surface area (Å²) >= 11 is 0. The highest BCUT2D eigenvalue weighted by Crippen LogP contribution is 2.31. The van der Waals surface area contributed by atoms with E-state index in [1.165, 1.54) is 12.8 Å². The van der Waals surface area contributed by atoms with E-state index >= 15 is 0 Å². The highest BCUT2D eigenvalue weighted by atomic mass is 16.5. The Labute approximate surface area is 149 Å². The second-order valence-electron chi connectivity index (χ2n) is 6.58. The molecule has 1 aromatic heterocycles. The highest BCUT2D eigenvalue weighted by molar-refractivity contribution is 5.65. The SMILES string of the molecule is COc1ccc(OC)c(Nc2nc(C)cc(N3CCCC(C)C3)n2)c1. The van der Waals surface area contributed by atoms with Gasteiger partial charge in [0, 0.05) is 30.9 Å². The molecule has 1 unspecified atom stereocenters. The molecule has 0 aliphatic carbocycles. The number of rotatable bonds is 5. The number of anilines is 3. The molecule has 0 amide bonds. The summed E-state index contributed by atoms with van der Waals surface area (Å²) in [6.45, 7) is 6.37. The molecule has 6 nitrogen and oxygen atoms in total. The zero-order valence-electron chi connectivity index (χ0n) is 15.4. The van der Waals surface area contributed by atoms with Crippen LogP contribution in [0.4, 0.5) is 17.5 Å². The van der Waals surface area contributed by atoms with E-state index in [4.69, 9.17) is 14.5 Å². The normalized spacial score (nSPS) is 17.3. The highest BCUT2D eigenvalue weighted by Gasteiger charge is 2.19. The van der Waals surface area contributed by atoms with Gasteiger partial charge in [0.15, 0.2) is 0 Å². The van der Waals surface area contributed by atoms with Gasteiger partial charge >= 0.3 is 0 Å². The fourth-order valence-corrected chi connectivity index (χ4v) is 3.20. The van der Waals surface area contributed by atoms with Crippen LogP contribution in [0, 0.1) is 12.8 Å². The molecule has 1 aliphatic heterocycles. The Hall–Kier alpha value is -2.50. The maximum Gasteiger partial charge on any atom is 0.229 e. The van der Waals surface area contributed by atoms with Crippen LogP contribution < -0.4 is 19.7 Å². The summed E-state index contributed by atoms with van der Waals surface area (Å²) in [6.07, 6.45) is 2.49. The van der Waals surface area contributed by atoms with Gasteiger partial charge in [-0.3, -0.25) is 0 Å². The van der Waals surface area contributed by atoms with Gasteiger partial charge in [-0.2, -0.15) is 4.98 Å². The van der Waals surface area contributed by atoms with Crippen molar-refractivity contribution in [3.8, 4) is 11.5 Å². The van der Waals surface area contributed by atoms with Crippen molar-refractivity contribution in [2.75, 3.05) is 37.5 Å². The summed E-state index contributed by atoms with van der Waals surface area (Å²) < 4.78 is 10.7. The van der Waals surface area contributed by atoms with Gasteiger partial charge in [0.25, 0.3) is 0 Å². The zero-order valence-corrected chi connectivity index (χ0v) is 15.4. The van der Waals surface area contributed by atoms with Crippen LogP contribution in [0.5, 0.6) is 11.5 Å². The lowest BCUT2D eigenvalue weighted by atomic mass is 10.0. The van der Waals surface area contributed by atoms with E-state index in [2.05, 4.69) is 22.1 Å². The van der Waals surface area contributed by atoms with Crippen molar-refractivity contribution in [2.45, 2.75) is 26.7 Å². The van der Waals surface area contributed by atoms with Crippen LogP contribution in [0.2, 0.25) is 0 Å². The summed E-state index contributed by atoms with van der Waals surface area (Å²) in [7, 11) is 3.29. The third-order valence-corrected chi connectivity index (χ3v) is 4.47. The number of hydrogen-bond donors (Lipinski definition) is 1. The molecule has 25 heavy (non-hydrogen) atoms. The van der Waals surface area contributed by atoms with E-state index < -0.39 is 0 Å². The van der Waals surface area contributed by atoms with Gasteiger partial charge in [0.1, 0.15) is 17.3 Å². The number of aromatic nitrogens is 2. The van der Waals surface area contributed by atoms with Crippen molar-refractivity contribution in [3.63, 3.8) is 0 Å². The lowest BCUT2D eigenvalue weighted by Crippen LogP contribution is -2.35. The number of piperidine rings is 1. The first-order valence-corrected chi connectivity index (χ1v) is 8.68. The topological polar surface area (TPSA) is 59.5 Å². The van der Waals surface area contributed by atoms with Crippen LogP contribution in [-0.4, -0.2) is 37.3 Å². The van der Waals surface area contributed by atoms with Gasteiger partial charge in [-0.25, -0.2) is 4.98 Å². The van der Waals surface area contributed by atoms with E-state index in [0.29, 0.717) is 11.9 Å². The minimum absolute atomic E-state index is 0.569. The van der Waals surface area contributed by atoms with Gasteiger partial charge in [-0.05, 0) is 37.8 Å². The van der Waals surface area contributed by atoms with Crippen LogP contribution in [0.15, 0.2) is 24.3 Å². The Morgan fingerprint density at radius 1 is 1.16 bits per heavy atom. The first-order chi connectivity index (χ1) is 12.1. The zero-order chi connectivity index (χ0) is 17.8. The first kappa shape index (κ1) is 17.3. The van der Waals surface area contributed by atoms with Crippen LogP contribution in [0.25, 0.3) is 0 Å². The fourth-order valence-electron chi connectivity index (χ4n) is 3.20. The van der Waals surface area contributed by atoms with E-state index in [0.717, 1.165) is 41.8 Å². The van der Waals surface area contributed by atoms with Gasteiger partial charge in [-0.1, -0.05) is 6.92 Å². The molecule has 134 valence electrons. The van der Waals surface area contributed by atoms with E-state index in [1.807, 2.05) is 31.2 Å². The molecule has 2 heterocycles.